The van der Waals surface area contributed by atoms with Crippen LogP contribution in [0.4, 0.5) is 4.39 Å². The zero-order valence-corrected chi connectivity index (χ0v) is 14.2. The number of amides is 1. The molecule has 0 fully saturated rings. The Bertz CT molecular complexity index is 793. The number of para-hydroxylation sites is 1. The zero-order chi connectivity index (χ0) is 18.4. The maximum Gasteiger partial charge on any atom is 0.344 e. The van der Waals surface area contributed by atoms with Crippen molar-refractivity contribution in [2.24, 2.45) is 0 Å². The van der Waals surface area contributed by atoms with E-state index in [-0.39, 0.29) is 17.7 Å². The molecule has 1 aliphatic rings. The monoisotopic (exact) mass is 357 g/mol. The summed E-state index contributed by atoms with van der Waals surface area (Å²) in [6.45, 7) is -0.849. The van der Waals surface area contributed by atoms with Crippen LogP contribution in [0.25, 0.3) is 0 Å². The number of hydrogen-bond donors (Lipinski definition) is 1. The highest BCUT2D eigenvalue weighted by atomic mass is 19.1. The minimum Gasteiger partial charge on any atom is -0.479 e. The van der Waals surface area contributed by atoms with Crippen LogP contribution in [-0.2, 0) is 20.7 Å². The Morgan fingerprint density at radius 1 is 1.08 bits per heavy atom. The third-order valence-electron chi connectivity index (χ3n) is 4.25. The molecule has 26 heavy (non-hydrogen) atoms. The van der Waals surface area contributed by atoms with E-state index in [9.17, 15) is 14.0 Å². The van der Waals surface area contributed by atoms with Crippen molar-refractivity contribution < 1.29 is 23.5 Å². The molecule has 2 aromatic rings. The molecule has 1 N–H and O–H groups in total. The average molecular weight is 357 g/mol. The van der Waals surface area contributed by atoms with Crippen molar-refractivity contribution in [1.82, 2.24) is 5.32 Å². The Labute approximate surface area is 151 Å². The van der Waals surface area contributed by atoms with Crippen LogP contribution < -0.4 is 10.1 Å². The largest absolute Gasteiger partial charge is 0.479 e. The molecular formula is C20H20FNO4. The smallest absolute Gasteiger partial charge is 0.344 e. The van der Waals surface area contributed by atoms with E-state index in [4.69, 9.17) is 9.47 Å². The van der Waals surface area contributed by atoms with E-state index in [0.29, 0.717) is 0 Å². The third-order valence-corrected chi connectivity index (χ3v) is 4.25. The fourth-order valence-corrected chi connectivity index (χ4v) is 3.03. The van der Waals surface area contributed by atoms with E-state index in [1.807, 2.05) is 18.2 Å². The van der Waals surface area contributed by atoms with Crippen LogP contribution in [0.3, 0.4) is 0 Å². The van der Waals surface area contributed by atoms with Gasteiger partial charge in [-0.25, -0.2) is 9.18 Å². The summed E-state index contributed by atoms with van der Waals surface area (Å²) < 4.78 is 23.3. The molecule has 0 heterocycles. The molecule has 1 aliphatic carbocycles. The second kappa shape index (κ2) is 8.47. The first-order valence-electron chi connectivity index (χ1n) is 8.53. The van der Waals surface area contributed by atoms with Crippen molar-refractivity contribution >= 4 is 11.9 Å². The lowest BCUT2D eigenvalue weighted by molar-refractivity contribution is -0.150. The van der Waals surface area contributed by atoms with Gasteiger partial charge in [0.2, 0.25) is 0 Å². The van der Waals surface area contributed by atoms with E-state index in [1.165, 1.54) is 23.8 Å². The van der Waals surface area contributed by atoms with Crippen LogP contribution in [0.5, 0.6) is 5.75 Å². The number of carbonyl (C=O) groups is 2. The first-order chi connectivity index (χ1) is 12.6. The van der Waals surface area contributed by atoms with Gasteiger partial charge in [-0.2, -0.15) is 0 Å². The molecule has 6 heteroatoms. The lowest BCUT2D eigenvalue weighted by atomic mass is 9.88. The second-order valence-corrected chi connectivity index (χ2v) is 6.09. The number of hydrogen-bond acceptors (Lipinski definition) is 4. The molecule has 0 aliphatic heterocycles. The van der Waals surface area contributed by atoms with Gasteiger partial charge < -0.3 is 14.8 Å². The SMILES string of the molecule is O=C(COC(=O)COc1ccccc1F)N[C@H]1CCCc2ccccc21. The molecule has 0 saturated heterocycles. The number of rotatable bonds is 6. The normalized spacial score (nSPS) is 15.7. The van der Waals surface area contributed by atoms with Gasteiger partial charge in [-0.1, -0.05) is 36.4 Å². The van der Waals surface area contributed by atoms with E-state index in [2.05, 4.69) is 11.4 Å². The number of carbonyl (C=O) groups excluding carboxylic acids is 2. The van der Waals surface area contributed by atoms with E-state index in [1.54, 1.807) is 6.07 Å². The molecular weight excluding hydrogens is 337 g/mol. The lowest BCUT2D eigenvalue weighted by Crippen LogP contribution is -2.34. The van der Waals surface area contributed by atoms with Gasteiger partial charge in [0, 0.05) is 0 Å². The minimum atomic E-state index is -0.729. The number of aryl methyl sites for hydroxylation is 1. The van der Waals surface area contributed by atoms with Crippen LogP contribution >= 0.6 is 0 Å². The van der Waals surface area contributed by atoms with Crippen LogP contribution in [0.15, 0.2) is 48.5 Å². The van der Waals surface area contributed by atoms with Crippen molar-refractivity contribution in [2.45, 2.75) is 25.3 Å². The summed E-state index contributed by atoms with van der Waals surface area (Å²) in [5.41, 5.74) is 2.35. The fraction of sp³-hybridized carbons (Fsp3) is 0.300. The van der Waals surface area contributed by atoms with Gasteiger partial charge in [0.25, 0.3) is 5.91 Å². The van der Waals surface area contributed by atoms with Gasteiger partial charge in [0.1, 0.15) is 0 Å². The third kappa shape index (κ3) is 4.59. The summed E-state index contributed by atoms with van der Waals surface area (Å²) in [4.78, 5) is 23.7. The minimum absolute atomic E-state index is 0.0345. The molecule has 0 unspecified atom stereocenters. The highest BCUT2D eigenvalue weighted by molar-refractivity contribution is 5.81. The van der Waals surface area contributed by atoms with E-state index in [0.717, 1.165) is 24.8 Å². The molecule has 1 amide bonds. The number of halogens is 1. The number of esters is 1. The average Bonchev–Trinajstić information content (AvgIpc) is 2.66. The van der Waals surface area contributed by atoms with E-state index >= 15 is 0 Å². The van der Waals surface area contributed by atoms with Crippen molar-refractivity contribution in [3.8, 4) is 5.75 Å². The Morgan fingerprint density at radius 3 is 2.69 bits per heavy atom. The van der Waals surface area contributed by atoms with Crippen LogP contribution in [0.2, 0.25) is 0 Å². The molecule has 0 saturated carbocycles. The Morgan fingerprint density at radius 2 is 1.85 bits per heavy atom. The molecule has 1 atom stereocenters. The zero-order valence-electron chi connectivity index (χ0n) is 14.2. The van der Waals surface area contributed by atoms with Crippen molar-refractivity contribution in [3.63, 3.8) is 0 Å². The quantitative estimate of drug-likeness (QED) is 0.808. The highest BCUT2D eigenvalue weighted by Crippen LogP contribution is 2.29. The predicted octanol–water partition coefficient (Wildman–Crippen LogP) is 2.94. The molecule has 2 aromatic carbocycles. The molecule has 136 valence electrons. The molecule has 3 rings (SSSR count). The number of nitrogens with one attached hydrogen (secondary N) is 1. The number of fused-ring (bicyclic) bond motifs is 1. The topological polar surface area (TPSA) is 64.6 Å². The van der Waals surface area contributed by atoms with Gasteiger partial charge in [-0.15, -0.1) is 0 Å². The van der Waals surface area contributed by atoms with Crippen molar-refractivity contribution in [3.05, 3.63) is 65.5 Å². The Hall–Kier alpha value is -2.89. The number of ether oxygens (including phenoxy) is 2. The maximum atomic E-state index is 13.4. The van der Waals surface area contributed by atoms with Crippen LogP contribution in [0, 0.1) is 5.82 Å². The molecule has 0 spiro atoms. The van der Waals surface area contributed by atoms with Gasteiger partial charge in [-0.05, 0) is 42.5 Å². The second-order valence-electron chi connectivity index (χ2n) is 6.09. The predicted molar refractivity (Wildman–Crippen MR) is 93.1 cm³/mol. The molecule has 0 radical (unpaired) electrons. The summed E-state index contributed by atoms with van der Waals surface area (Å²) in [5.74, 6) is -1.69. The summed E-state index contributed by atoms with van der Waals surface area (Å²) in [7, 11) is 0. The summed E-state index contributed by atoms with van der Waals surface area (Å²) in [6.07, 6.45) is 2.86. The van der Waals surface area contributed by atoms with Gasteiger partial charge >= 0.3 is 5.97 Å². The lowest BCUT2D eigenvalue weighted by Gasteiger charge is -2.26. The first-order valence-corrected chi connectivity index (χ1v) is 8.53. The Kier molecular flexibility index (Phi) is 5.84. The summed E-state index contributed by atoms with van der Waals surface area (Å²) in [5, 5.41) is 2.90. The Balaban J connectivity index is 1.44. The molecule has 5 nitrogen and oxygen atoms in total. The summed E-state index contributed by atoms with van der Waals surface area (Å²) >= 11 is 0. The molecule has 0 aromatic heterocycles. The van der Waals surface area contributed by atoms with Crippen LogP contribution in [0.1, 0.15) is 30.0 Å². The fourth-order valence-electron chi connectivity index (χ4n) is 3.03. The number of benzene rings is 2. The van der Waals surface area contributed by atoms with E-state index < -0.39 is 25.0 Å². The van der Waals surface area contributed by atoms with Crippen molar-refractivity contribution in [2.75, 3.05) is 13.2 Å². The first kappa shape index (κ1) is 17.9. The molecule has 0 bridgehead atoms. The van der Waals surface area contributed by atoms with Gasteiger partial charge in [0.05, 0.1) is 6.04 Å². The van der Waals surface area contributed by atoms with Crippen LogP contribution in [-0.4, -0.2) is 25.1 Å². The summed E-state index contributed by atoms with van der Waals surface area (Å²) in [6, 6.07) is 13.7. The standard InChI is InChI=1S/C20H20FNO4/c21-16-9-3-4-11-18(16)25-13-20(24)26-12-19(23)22-17-10-5-7-14-6-1-2-8-15(14)17/h1-4,6,8-9,11,17H,5,7,10,12-13H2,(H,22,23)/t17-/m0/s1. The van der Waals surface area contributed by atoms with Gasteiger partial charge in [-0.3, -0.25) is 4.79 Å². The van der Waals surface area contributed by atoms with Gasteiger partial charge in [0.15, 0.2) is 24.8 Å². The maximum absolute atomic E-state index is 13.4. The highest BCUT2D eigenvalue weighted by Gasteiger charge is 2.21. The van der Waals surface area contributed by atoms with Crippen molar-refractivity contribution in [1.29, 1.82) is 0 Å².